The number of aliphatic hydroxyl groups excluding tert-OH is 1. The number of aryl methyl sites for hydroxylation is 1. The number of nitrogens with zero attached hydrogens (tertiary/aromatic N) is 3. The number of aliphatic hydroxyl groups is 1. The van der Waals surface area contributed by atoms with Crippen LogP contribution >= 0.6 is 11.6 Å². The summed E-state index contributed by atoms with van der Waals surface area (Å²) in [6.07, 6.45) is 5.23. The van der Waals surface area contributed by atoms with Crippen LogP contribution in [0.15, 0.2) is 36.4 Å². The minimum absolute atomic E-state index is 0.0260. The van der Waals surface area contributed by atoms with E-state index in [1.165, 1.54) is 6.08 Å². The van der Waals surface area contributed by atoms with Crippen molar-refractivity contribution in [3.05, 3.63) is 52.8 Å². The molecule has 1 aliphatic rings. The van der Waals surface area contributed by atoms with Crippen LogP contribution in [0.25, 0.3) is 11.8 Å². The number of carbonyl (C=O) groups excluding carboxylic acids is 1. The topological polar surface area (TPSA) is 58.4 Å². The molecule has 1 aromatic heterocycles. The SMILES string of the molecule is Cc1nn(-c2ccccc2)c(Cl)c1/C=C/C(=O)N(CCO)C1CC1. The van der Waals surface area contributed by atoms with Gasteiger partial charge in [-0.05, 0) is 38.0 Å². The van der Waals surface area contributed by atoms with Crippen molar-refractivity contribution in [2.24, 2.45) is 0 Å². The smallest absolute Gasteiger partial charge is 0.246 e. The van der Waals surface area contributed by atoms with E-state index in [9.17, 15) is 4.79 Å². The molecule has 0 saturated heterocycles. The second-order valence-corrected chi connectivity index (χ2v) is 6.22. The third kappa shape index (κ3) is 3.52. The lowest BCUT2D eigenvalue weighted by molar-refractivity contribution is -0.127. The molecule has 1 aromatic carbocycles. The van der Waals surface area contributed by atoms with Gasteiger partial charge < -0.3 is 10.0 Å². The first-order chi connectivity index (χ1) is 11.6. The second kappa shape index (κ2) is 7.20. The van der Waals surface area contributed by atoms with Gasteiger partial charge in [0, 0.05) is 24.2 Å². The van der Waals surface area contributed by atoms with Crippen molar-refractivity contribution in [1.82, 2.24) is 14.7 Å². The van der Waals surface area contributed by atoms with E-state index >= 15 is 0 Å². The zero-order valence-corrected chi connectivity index (χ0v) is 14.3. The zero-order valence-electron chi connectivity index (χ0n) is 13.5. The van der Waals surface area contributed by atoms with Gasteiger partial charge in [0.2, 0.25) is 5.91 Å². The summed E-state index contributed by atoms with van der Waals surface area (Å²) in [5.41, 5.74) is 2.36. The quantitative estimate of drug-likeness (QED) is 0.819. The summed E-state index contributed by atoms with van der Waals surface area (Å²) in [6, 6.07) is 9.88. The Morgan fingerprint density at radius 1 is 1.42 bits per heavy atom. The normalized spacial score (nSPS) is 14.3. The summed E-state index contributed by atoms with van der Waals surface area (Å²) in [5, 5.41) is 14.0. The third-order valence-electron chi connectivity index (χ3n) is 4.05. The Kier molecular flexibility index (Phi) is 5.02. The highest BCUT2D eigenvalue weighted by Gasteiger charge is 2.31. The summed E-state index contributed by atoms with van der Waals surface area (Å²) in [6.45, 7) is 2.20. The Morgan fingerprint density at radius 3 is 2.75 bits per heavy atom. The molecule has 0 unspecified atom stereocenters. The number of halogens is 1. The number of hydrogen-bond acceptors (Lipinski definition) is 3. The van der Waals surface area contributed by atoms with E-state index < -0.39 is 0 Å². The molecular formula is C18H20ClN3O2. The first-order valence-corrected chi connectivity index (χ1v) is 8.39. The monoisotopic (exact) mass is 345 g/mol. The molecule has 0 spiro atoms. The standard InChI is InChI=1S/C18H20ClN3O2/c1-13-16(9-10-17(24)21(11-12-23)14-7-8-14)18(19)22(20-13)15-5-3-2-4-6-15/h2-6,9-10,14,23H,7-8,11-12H2,1H3/b10-9+. The fourth-order valence-corrected chi connectivity index (χ4v) is 2.99. The number of amides is 1. The molecule has 1 aliphatic carbocycles. The van der Waals surface area contributed by atoms with Gasteiger partial charge in [-0.25, -0.2) is 4.68 Å². The van der Waals surface area contributed by atoms with Gasteiger partial charge >= 0.3 is 0 Å². The molecule has 1 amide bonds. The molecule has 0 bridgehead atoms. The summed E-state index contributed by atoms with van der Waals surface area (Å²) in [4.78, 5) is 14.1. The van der Waals surface area contributed by atoms with Crippen LogP contribution in [0.4, 0.5) is 0 Å². The highest BCUT2D eigenvalue weighted by Crippen LogP contribution is 2.28. The molecule has 6 heteroatoms. The molecule has 1 fully saturated rings. The van der Waals surface area contributed by atoms with E-state index in [0.717, 1.165) is 29.8 Å². The Hall–Kier alpha value is -2.11. The molecule has 1 N–H and O–H groups in total. The highest BCUT2D eigenvalue weighted by molar-refractivity contribution is 6.31. The first-order valence-electron chi connectivity index (χ1n) is 8.02. The largest absolute Gasteiger partial charge is 0.395 e. The van der Waals surface area contributed by atoms with E-state index in [1.54, 1.807) is 15.7 Å². The van der Waals surface area contributed by atoms with Crippen LogP contribution in [-0.2, 0) is 4.79 Å². The van der Waals surface area contributed by atoms with E-state index in [2.05, 4.69) is 5.10 Å². The summed E-state index contributed by atoms with van der Waals surface area (Å²) in [5.74, 6) is -0.102. The van der Waals surface area contributed by atoms with E-state index in [4.69, 9.17) is 16.7 Å². The van der Waals surface area contributed by atoms with Gasteiger partial charge in [-0.3, -0.25) is 4.79 Å². The van der Waals surface area contributed by atoms with Crippen LogP contribution in [0.2, 0.25) is 5.15 Å². The predicted octanol–water partition coefficient (Wildman–Crippen LogP) is 2.83. The average Bonchev–Trinajstić information content (AvgIpc) is 3.38. The molecule has 5 nitrogen and oxygen atoms in total. The van der Waals surface area contributed by atoms with Gasteiger partial charge in [0.15, 0.2) is 0 Å². The molecule has 1 heterocycles. The fourth-order valence-electron chi connectivity index (χ4n) is 2.66. The minimum Gasteiger partial charge on any atom is -0.395 e. The molecule has 0 radical (unpaired) electrons. The molecule has 0 aliphatic heterocycles. The minimum atomic E-state index is -0.102. The Labute approximate surface area is 146 Å². The maximum Gasteiger partial charge on any atom is 0.246 e. The number of benzene rings is 1. The van der Waals surface area contributed by atoms with E-state index in [-0.39, 0.29) is 18.6 Å². The molecule has 0 atom stereocenters. The third-order valence-corrected chi connectivity index (χ3v) is 4.42. The lowest BCUT2D eigenvalue weighted by Gasteiger charge is -2.19. The first kappa shape index (κ1) is 16.7. The summed E-state index contributed by atoms with van der Waals surface area (Å²) < 4.78 is 1.66. The Balaban J connectivity index is 1.82. The number of para-hydroxylation sites is 1. The second-order valence-electron chi connectivity index (χ2n) is 5.86. The lowest BCUT2D eigenvalue weighted by Crippen LogP contribution is -2.34. The number of rotatable bonds is 6. The molecule has 24 heavy (non-hydrogen) atoms. The predicted molar refractivity (Wildman–Crippen MR) is 94.2 cm³/mol. The van der Waals surface area contributed by atoms with Crippen molar-refractivity contribution in [1.29, 1.82) is 0 Å². The Morgan fingerprint density at radius 2 is 2.12 bits per heavy atom. The zero-order chi connectivity index (χ0) is 17.1. The molecular weight excluding hydrogens is 326 g/mol. The van der Waals surface area contributed by atoms with Crippen LogP contribution in [0.3, 0.4) is 0 Å². The highest BCUT2D eigenvalue weighted by atomic mass is 35.5. The summed E-state index contributed by atoms with van der Waals surface area (Å²) in [7, 11) is 0. The van der Waals surface area contributed by atoms with Crippen molar-refractivity contribution in [2.75, 3.05) is 13.2 Å². The van der Waals surface area contributed by atoms with Crippen molar-refractivity contribution < 1.29 is 9.90 Å². The van der Waals surface area contributed by atoms with Gasteiger partial charge in [-0.15, -0.1) is 0 Å². The summed E-state index contributed by atoms with van der Waals surface area (Å²) >= 11 is 6.45. The van der Waals surface area contributed by atoms with Crippen molar-refractivity contribution >= 4 is 23.6 Å². The van der Waals surface area contributed by atoms with Crippen LogP contribution < -0.4 is 0 Å². The molecule has 2 aromatic rings. The maximum absolute atomic E-state index is 12.3. The lowest BCUT2D eigenvalue weighted by atomic mass is 10.2. The number of carbonyl (C=O) groups is 1. The Bertz CT molecular complexity index is 751. The molecule has 126 valence electrons. The molecule has 1 saturated carbocycles. The van der Waals surface area contributed by atoms with Gasteiger partial charge in [0.1, 0.15) is 5.15 Å². The van der Waals surface area contributed by atoms with Crippen molar-refractivity contribution in [2.45, 2.75) is 25.8 Å². The van der Waals surface area contributed by atoms with Crippen LogP contribution in [0.5, 0.6) is 0 Å². The molecule has 3 rings (SSSR count). The van der Waals surface area contributed by atoms with Gasteiger partial charge in [-0.2, -0.15) is 5.10 Å². The van der Waals surface area contributed by atoms with E-state index in [0.29, 0.717) is 11.7 Å². The van der Waals surface area contributed by atoms with Gasteiger partial charge in [-0.1, -0.05) is 29.8 Å². The van der Waals surface area contributed by atoms with Crippen LogP contribution in [-0.4, -0.2) is 44.9 Å². The fraction of sp³-hybridized carbons (Fsp3) is 0.333. The van der Waals surface area contributed by atoms with Crippen LogP contribution in [0.1, 0.15) is 24.1 Å². The van der Waals surface area contributed by atoms with Crippen molar-refractivity contribution in [3.8, 4) is 5.69 Å². The number of aromatic nitrogens is 2. The number of hydrogen-bond donors (Lipinski definition) is 1. The van der Waals surface area contributed by atoms with E-state index in [1.807, 2.05) is 37.3 Å². The van der Waals surface area contributed by atoms with Crippen molar-refractivity contribution in [3.63, 3.8) is 0 Å². The van der Waals surface area contributed by atoms with Crippen LogP contribution in [0, 0.1) is 6.92 Å². The van der Waals surface area contributed by atoms with Gasteiger partial charge in [0.05, 0.1) is 18.0 Å². The maximum atomic E-state index is 12.3. The van der Waals surface area contributed by atoms with Gasteiger partial charge in [0.25, 0.3) is 0 Å². The average molecular weight is 346 g/mol.